The Kier molecular flexibility index (Phi) is 8.45. The highest BCUT2D eigenvalue weighted by Gasteiger charge is 2.51. The molecule has 0 unspecified atom stereocenters. The van der Waals surface area contributed by atoms with Crippen molar-refractivity contribution in [1.29, 1.82) is 0 Å². The average Bonchev–Trinajstić information content (AvgIpc) is 2.81. The zero-order valence-corrected chi connectivity index (χ0v) is 22.2. The largest absolute Gasteiger partial charge is 0.486 e. The molecule has 0 saturated heterocycles. The maximum absolute atomic E-state index is 13.9. The first-order valence-corrected chi connectivity index (χ1v) is 13.1. The number of nitrogens with zero attached hydrogens (tertiary/aromatic N) is 1. The molecule has 0 fully saturated rings. The van der Waals surface area contributed by atoms with E-state index in [2.05, 4.69) is 4.74 Å². The van der Waals surface area contributed by atoms with Gasteiger partial charge in [-0.25, -0.2) is 17.6 Å². The summed E-state index contributed by atoms with van der Waals surface area (Å²) in [6.07, 6.45) is -13.3. The van der Waals surface area contributed by atoms with Gasteiger partial charge in [0.15, 0.2) is 0 Å². The summed E-state index contributed by atoms with van der Waals surface area (Å²) in [5.74, 6) is -3.97. The molecule has 2 N–H and O–H groups in total. The Balaban J connectivity index is 2.06. The first kappa shape index (κ1) is 31.8. The quantitative estimate of drug-likeness (QED) is 0.377. The van der Waals surface area contributed by atoms with Gasteiger partial charge in [-0.05, 0) is 50.2 Å². The van der Waals surface area contributed by atoms with Crippen LogP contribution in [0.3, 0.4) is 0 Å². The number of sulfonamides is 1. The van der Waals surface area contributed by atoms with Crippen molar-refractivity contribution in [3.63, 3.8) is 0 Å². The fourth-order valence-corrected chi connectivity index (χ4v) is 5.23. The number of halogens is 7. The van der Waals surface area contributed by atoms with E-state index in [1.165, 1.54) is 6.92 Å². The van der Waals surface area contributed by atoms with Crippen LogP contribution in [-0.2, 0) is 25.7 Å². The van der Waals surface area contributed by atoms with Crippen molar-refractivity contribution >= 4 is 33.5 Å². The molecule has 0 saturated carbocycles. The standard InChI is InChI=1S/C24H23F7N2O7S/c1-12(8-20(34)35)19-11-33(41(37,38)14-5-6-16(25)15(10-14)23(26,27)28)17-9-13(4-7-18(17)39-19)32-21(36)40-22(2,3)24(29,30)31/h4-7,9-10,12,19H,8,11H2,1-3H3,(H,32,36)(H,34,35)/t12-,19-/m1/s1. The number of ether oxygens (including phenoxy) is 2. The molecule has 1 aliphatic heterocycles. The molecule has 2 atom stereocenters. The molecule has 0 aromatic heterocycles. The van der Waals surface area contributed by atoms with E-state index in [-0.39, 0.29) is 23.2 Å². The molecule has 226 valence electrons. The molecule has 0 aliphatic carbocycles. The first-order valence-electron chi connectivity index (χ1n) is 11.6. The highest BCUT2D eigenvalue weighted by Crippen LogP contribution is 2.42. The number of alkyl halides is 6. The second-order valence-corrected chi connectivity index (χ2v) is 11.5. The molecule has 2 aromatic carbocycles. The second kappa shape index (κ2) is 10.9. The van der Waals surface area contributed by atoms with Gasteiger partial charge in [0.25, 0.3) is 10.0 Å². The van der Waals surface area contributed by atoms with Gasteiger partial charge in [0, 0.05) is 11.6 Å². The third kappa shape index (κ3) is 6.94. The number of fused-ring (bicyclic) bond motifs is 1. The molecule has 1 aliphatic rings. The minimum Gasteiger partial charge on any atom is -0.486 e. The van der Waals surface area contributed by atoms with Crippen LogP contribution in [-0.4, -0.2) is 50.0 Å². The van der Waals surface area contributed by atoms with Gasteiger partial charge in [-0.15, -0.1) is 0 Å². The van der Waals surface area contributed by atoms with Crippen molar-refractivity contribution in [2.24, 2.45) is 5.92 Å². The van der Waals surface area contributed by atoms with Crippen LogP contribution < -0.4 is 14.4 Å². The Labute approximate surface area is 228 Å². The molecule has 2 aromatic rings. The maximum atomic E-state index is 13.9. The molecule has 41 heavy (non-hydrogen) atoms. The molecule has 0 spiro atoms. The van der Waals surface area contributed by atoms with Crippen LogP contribution >= 0.6 is 0 Å². The van der Waals surface area contributed by atoms with Crippen LogP contribution in [0.2, 0.25) is 0 Å². The first-order chi connectivity index (χ1) is 18.6. The summed E-state index contributed by atoms with van der Waals surface area (Å²) in [5, 5.41) is 11.2. The van der Waals surface area contributed by atoms with E-state index in [1.54, 1.807) is 0 Å². The van der Waals surface area contributed by atoms with Crippen LogP contribution in [0.5, 0.6) is 5.75 Å². The zero-order valence-electron chi connectivity index (χ0n) is 21.4. The maximum Gasteiger partial charge on any atom is 0.427 e. The molecule has 9 nitrogen and oxygen atoms in total. The van der Waals surface area contributed by atoms with Gasteiger partial charge in [0.2, 0.25) is 5.60 Å². The van der Waals surface area contributed by atoms with E-state index in [0.29, 0.717) is 30.3 Å². The summed E-state index contributed by atoms with van der Waals surface area (Å²) in [4.78, 5) is 22.4. The number of nitrogens with one attached hydrogen (secondary N) is 1. The van der Waals surface area contributed by atoms with Crippen molar-refractivity contribution in [2.75, 3.05) is 16.2 Å². The van der Waals surface area contributed by atoms with Crippen molar-refractivity contribution in [3.05, 3.63) is 47.8 Å². The Hall–Kier alpha value is -3.76. The van der Waals surface area contributed by atoms with Gasteiger partial charge in [-0.3, -0.25) is 14.4 Å². The number of carboxylic acid groups (broad SMARTS) is 1. The molecule has 0 bridgehead atoms. The highest BCUT2D eigenvalue weighted by atomic mass is 32.2. The van der Waals surface area contributed by atoms with E-state index < -0.39 is 81.3 Å². The number of benzene rings is 2. The monoisotopic (exact) mass is 616 g/mol. The molecule has 17 heteroatoms. The third-order valence-corrected chi connectivity index (χ3v) is 7.87. The van der Waals surface area contributed by atoms with Crippen molar-refractivity contribution < 1.29 is 63.3 Å². The molecular formula is C24H23F7N2O7S. The van der Waals surface area contributed by atoms with E-state index in [0.717, 1.165) is 18.2 Å². The lowest BCUT2D eigenvalue weighted by atomic mass is 9.99. The Morgan fingerprint density at radius 1 is 1.12 bits per heavy atom. The molecular weight excluding hydrogens is 593 g/mol. The average molecular weight is 617 g/mol. The van der Waals surface area contributed by atoms with Gasteiger partial charge in [0.1, 0.15) is 17.7 Å². The van der Waals surface area contributed by atoms with Gasteiger partial charge in [-0.1, -0.05) is 6.92 Å². The van der Waals surface area contributed by atoms with Crippen LogP contribution in [0, 0.1) is 11.7 Å². The molecule has 1 heterocycles. The Morgan fingerprint density at radius 2 is 1.76 bits per heavy atom. The van der Waals surface area contributed by atoms with E-state index in [1.807, 2.05) is 5.32 Å². The topological polar surface area (TPSA) is 122 Å². The number of carbonyl (C=O) groups excluding carboxylic acids is 1. The molecule has 3 rings (SSSR count). The number of rotatable bonds is 7. The van der Waals surface area contributed by atoms with E-state index in [9.17, 15) is 48.7 Å². The normalized spacial score (nSPS) is 16.8. The van der Waals surface area contributed by atoms with Gasteiger partial charge in [0.05, 0.1) is 29.1 Å². The number of hydrogen-bond acceptors (Lipinski definition) is 6. The summed E-state index contributed by atoms with van der Waals surface area (Å²) in [7, 11) is -4.92. The zero-order chi connectivity index (χ0) is 31.1. The fraction of sp³-hybridized carbons (Fsp3) is 0.417. The van der Waals surface area contributed by atoms with Crippen LogP contribution in [0.25, 0.3) is 0 Å². The predicted molar refractivity (Wildman–Crippen MR) is 128 cm³/mol. The van der Waals surface area contributed by atoms with Crippen LogP contribution in [0.15, 0.2) is 41.3 Å². The Morgan fingerprint density at radius 3 is 2.32 bits per heavy atom. The number of carbonyl (C=O) groups is 2. The van der Waals surface area contributed by atoms with Crippen molar-refractivity contribution in [1.82, 2.24) is 0 Å². The van der Waals surface area contributed by atoms with E-state index in [4.69, 9.17) is 9.84 Å². The number of carboxylic acids is 1. The second-order valence-electron chi connectivity index (χ2n) is 9.61. The van der Waals surface area contributed by atoms with Crippen LogP contribution in [0.1, 0.15) is 32.8 Å². The predicted octanol–water partition coefficient (Wildman–Crippen LogP) is 5.80. The highest BCUT2D eigenvalue weighted by molar-refractivity contribution is 7.92. The summed E-state index contributed by atoms with van der Waals surface area (Å²) in [6.45, 7) is 2.01. The lowest BCUT2D eigenvalue weighted by molar-refractivity contribution is -0.242. The number of anilines is 2. The number of amides is 1. The fourth-order valence-electron chi connectivity index (χ4n) is 3.72. The summed E-state index contributed by atoms with van der Waals surface area (Å²) < 4.78 is 131. The third-order valence-electron chi connectivity index (χ3n) is 6.09. The van der Waals surface area contributed by atoms with E-state index >= 15 is 0 Å². The van der Waals surface area contributed by atoms with Gasteiger partial charge in [-0.2, -0.15) is 26.3 Å². The summed E-state index contributed by atoms with van der Waals surface area (Å²) in [5.41, 5.74) is -5.37. The molecule has 0 radical (unpaired) electrons. The lowest BCUT2D eigenvalue weighted by Gasteiger charge is -2.38. The Bertz CT molecular complexity index is 1440. The smallest absolute Gasteiger partial charge is 0.427 e. The minimum absolute atomic E-state index is 0.0914. The van der Waals surface area contributed by atoms with Crippen molar-refractivity contribution in [2.45, 2.75) is 56.1 Å². The summed E-state index contributed by atoms with van der Waals surface area (Å²) in [6, 6.07) is 4.21. The van der Waals surface area contributed by atoms with Crippen molar-refractivity contribution in [3.8, 4) is 5.75 Å². The van der Waals surface area contributed by atoms with Gasteiger partial charge < -0.3 is 14.6 Å². The number of hydrogen-bond donors (Lipinski definition) is 2. The minimum atomic E-state index is -5.24. The molecule has 1 amide bonds. The lowest BCUT2D eigenvalue weighted by Crippen LogP contribution is -2.46. The SMILES string of the molecule is C[C@H](CC(=O)O)[C@H]1CN(S(=O)(=O)c2ccc(F)c(C(F)(F)F)c2)c2cc(NC(=O)OC(C)(C)C(F)(F)F)ccc2O1. The number of aliphatic carboxylic acids is 1. The van der Waals surface area contributed by atoms with Gasteiger partial charge >= 0.3 is 24.4 Å². The summed E-state index contributed by atoms with van der Waals surface area (Å²) >= 11 is 0. The van der Waals surface area contributed by atoms with Crippen LogP contribution in [0.4, 0.5) is 46.9 Å².